The van der Waals surface area contributed by atoms with Crippen molar-refractivity contribution in [3.63, 3.8) is 0 Å². The quantitative estimate of drug-likeness (QED) is 0.780. The van der Waals surface area contributed by atoms with Gasteiger partial charge in [0, 0.05) is 25.6 Å². The van der Waals surface area contributed by atoms with Crippen LogP contribution in [0.15, 0.2) is 0 Å². The molecule has 0 radical (unpaired) electrons. The van der Waals surface area contributed by atoms with E-state index < -0.39 is 18.6 Å². The summed E-state index contributed by atoms with van der Waals surface area (Å²) in [5.74, 6) is -0.0930. The van der Waals surface area contributed by atoms with Crippen LogP contribution in [0.1, 0.15) is 19.3 Å². The average Bonchev–Trinajstić information content (AvgIpc) is 2.98. The van der Waals surface area contributed by atoms with Crippen LogP contribution in [0.2, 0.25) is 0 Å². The first-order valence-electron chi connectivity index (χ1n) is 5.55. The van der Waals surface area contributed by atoms with Crippen LogP contribution in [-0.2, 0) is 4.79 Å². The van der Waals surface area contributed by atoms with E-state index in [-0.39, 0.29) is 18.4 Å². The lowest BCUT2D eigenvalue weighted by Gasteiger charge is -2.36. The standard InChI is InChI=1S/C10H15F3N2O/c11-10(12,13)5-8-6-14-3-4-15(8)9(16)7-1-2-7/h7-8,14H,1-6H2. The minimum absolute atomic E-state index is 0.00571. The van der Waals surface area contributed by atoms with Crippen molar-refractivity contribution in [2.75, 3.05) is 19.6 Å². The van der Waals surface area contributed by atoms with Gasteiger partial charge in [0.25, 0.3) is 0 Å². The van der Waals surface area contributed by atoms with E-state index in [1.807, 2.05) is 0 Å². The van der Waals surface area contributed by atoms with Crippen LogP contribution in [0.3, 0.4) is 0 Å². The number of nitrogens with zero attached hydrogens (tertiary/aromatic N) is 1. The number of hydrogen-bond donors (Lipinski definition) is 1. The Labute approximate surface area is 92.0 Å². The molecule has 6 heteroatoms. The molecule has 0 aromatic rings. The fraction of sp³-hybridized carbons (Fsp3) is 0.900. The zero-order valence-electron chi connectivity index (χ0n) is 8.89. The van der Waals surface area contributed by atoms with Crippen LogP contribution in [0, 0.1) is 5.92 Å². The van der Waals surface area contributed by atoms with Gasteiger partial charge in [-0.3, -0.25) is 4.79 Å². The molecule has 2 aliphatic rings. The van der Waals surface area contributed by atoms with Gasteiger partial charge in [-0.2, -0.15) is 13.2 Å². The zero-order valence-corrected chi connectivity index (χ0v) is 8.89. The van der Waals surface area contributed by atoms with Gasteiger partial charge >= 0.3 is 6.18 Å². The Bertz CT molecular complexity index is 276. The fourth-order valence-corrected chi connectivity index (χ4v) is 2.07. The lowest BCUT2D eigenvalue weighted by molar-refractivity contribution is -0.156. The number of piperazine rings is 1. The molecular weight excluding hydrogens is 221 g/mol. The largest absolute Gasteiger partial charge is 0.391 e. The first-order chi connectivity index (χ1) is 7.47. The Morgan fingerprint density at radius 1 is 1.38 bits per heavy atom. The van der Waals surface area contributed by atoms with Gasteiger partial charge in [-0.15, -0.1) is 0 Å². The maximum atomic E-state index is 12.3. The van der Waals surface area contributed by atoms with Crippen molar-refractivity contribution in [2.45, 2.75) is 31.5 Å². The SMILES string of the molecule is O=C(C1CC1)N1CCNCC1CC(F)(F)F. The summed E-state index contributed by atoms with van der Waals surface area (Å²) in [4.78, 5) is 13.2. The highest BCUT2D eigenvalue weighted by Crippen LogP contribution is 2.33. The van der Waals surface area contributed by atoms with Crippen molar-refractivity contribution < 1.29 is 18.0 Å². The third-order valence-corrected chi connectivity index (χ3v) is 3.03. The highest BCUT2D eigenvalue weighted by Gasteiger charge is 2.41. The first-order valence-corrected chi connectivity index (χ1v) is 5.55. The summed E-state index contributed by atoms with van der Waals surface area (Å²) in [6, 6.07) is -0.721. The van der Waals surface area contributed by atoms with Crippen molar-refractivity contribution in [3.05, 3.63) is 0 Å². The molecule has 1 aliphatic heterocycles. The van der Waals surface area contributed by atoms with Gasteiger partial charge in [0.15, 0.2) is 0 Å². The Morgan fingerprint density at radius 3 is 2.62 bits per heavy atom. The van der Waals surface area contributed by atoms with Gasteiger partial charge in [0.05, 0.1) is 12.5 Å². The van der Waals surface area contributed by atoms with Gasteiger partial charge in [-0.05, 0) is 12.8 Å². The number of alkyl halides is 3. The molecule has 0 aromatic carbocycles. The fourth-order valence-electron chi connectivity index (χ4n) is 2.07. The second-order valence-corrected chi connectivity index (χ2v) is 4.48. The van der Waals surface area contributed by atoms with E-state index in [2.05, 4.69) is 5.32 Å². The van der Waals surface area contributed by atoms with E-state index in [4.69, 9.17) is 0 Å². The molecule has 92 valence electrons. The normalized spacial score (nSPS) is 26.9. The number of hydrogen-bond acceptors (Lipinski definition) is 2. The summed E-state index contributed by atoms with van der Waals surface area (Å²) in [6.45, 7) is 1.24. The average molecular weight is 236 g/mol. The summed E-state index contributed by atoms with van der Waals surface area (Å²) in [6.07, 6.45) is -3.44. The van der Waals surface area contributed by atoms with Crippen molar-refractivity contribution in [1.29, 1.82) is 0 Å². The summed E-state index contributed by atoms with van der Waals surface area (Å²) in [7, 11) is 0. The minimum Gasteiger partial charge on any atom is -0.337 e. The number of halogens is 3. The van der Waals surface area contributed by atoms with Crippen molar-refractivity contribution in [2.24, 2.45) is 5.92 Å². The number of carbonyl (C=O) groups excluding carboxylic acids is 1. The van der Waals surface area contributed by atoms with Crippen molar-refractivity contribution in [3.8, 4) is 0 Å². The Hall–Kier alpha value is -0.780. The number of rotatable bonds is 2. The Kier molecular flexibility index (Phi) is 3.10. The minimum atomic E-state index is -4.20. The molecule has 0 aromatic heterocycles. The van der Waals surface area contributed by atoms with Crippen molar-refractivity contribution >= 4 is 5.91 Å². The molecule has 3 nitrogen and oxygen atoms in total. The maximum absolute atomic E-state index is 12.3. The highest BCUT2D eigenvalue weighted by atomic mass is 19.4. The van der Waals surface area contributed by atoms with Gasteiger partial charge in [0.2, 0.25) is 5.91 Å². The molecule has 1 amide bonds. The number of nitrogens with one attached hydrogen (secondary N) is 1. The lowest BCUT2D eigenvalue weighted by atomic mass is 10.1. The third-order valence-electron chi connectivity index (χ3n) is 3.03. The van der Waals surface area contributed by atoms with Gasteiger partial charge in [-0.1, -0.05) is 0 Å². The van der Waals surface area contributed by atoms with E-state index in [0.29, 0.717) is 13.1 Å². The van der Waals surface area contributed by atoms with Gasteiger partial charge in [-0.25, -0.2) is 0 Å². The van der Waals surface area contributed by atoms with Gasteiger partial charge in [0.1, 0.15) is 0 Å². The maximum Gasteiger partial charge on any atom is 0.391 e. The Balaban J connectivity index is 1.98. The highest BCUT2D eigenvalue weighted by molar-refractivity contribution is 5.81. The summed E-state index contributed by atoms with van der Waals surface area (Å²) >= 11 is 0. The molecule has 1 unspecified atom stereocenters. The summed E-state index contributed by atoms with van der Waals surface area (Å²) in [5.41, 5.74) is 0. The summed E-state index contributed by atoms with van der Waals surface area (Å²) < 4.78 is 37.0. The monoisotopic (exact) mass is 236 g/mol. The van der Waals surface area contributed by atoms with Crippen LogP contribution < -0.4 is 5.32 Å². The van der Waals surface area contributed by atoms with E-state index in [1.165, 1.54) is 4.90 Å². The second kappa shape index (κ2) is 4.24. The van der Waals surface area contributed by atoms with Crippen molar-refractivity contribution in [1.82, 2.24) is 10.2 Å². The molecule has 0 bridgehead atoms. The zero-order chi connectivity index (χ0) is 11.8. The van der Waals surface area contributed by atoms with Crippen LogP contribution >= 0.6 is 0 Å². The molecular formula is C10H15F3N2O. The summed E-state index contributed by atoms with van der Waals surface area (Å²) in [5, 5.41) is 2.91. The molecule has 0 spiro atoms. The second-order valence-electron chi connectivity index (χ2n) is 4.48. The van der Waals surface area contributed by atoms with Crippen LogP contribution in [0.5, 0.6) is 0 Å². The van der Waals surface area contributed by atoms with E-state index in [0.717, 1.165) is 12.8 Å². The predicted molar refractivity (Wildman–Crippen MR) is 51.8 cm³/mol. The molecule has 1 heterocycles. The smallest absolute Gasteiger partial charge is 0.337 e. The first kappa shape index (κ1) is 11.7. The number of carbonyl (C=O) groups is 1. The molecule has 1 saturated heterocycles. The van der Waals surface area contributed by atoms with Crippen LogP contribution in [0.25, 0.3) is 0 Å². The molecule has 1 N–H and O–H groups in total. The Morgan fingerprint density at radius 2 is 2.06 bits per heavy atom. The van der Waals surface area contributed by atoms with E-state index >= 15 is 0 Å². The van der Waals surface area contributed by atoms with Gasteiger partial charge < -0.3 is 10.2 Å². The predicted octanol–water partition coefficient (Wildman–Crippen LogP) is 1.15. The van der Waals surface area contributed by atoms with E-state index in [9.17, 15) is 18.0 Å². The number of amides is 1. The molecule has 2 fully saturated rings. The van der Waals surface area contributed by atoms with Crippen LogP contribution in [-0.4, -0.2) is 42.7 Å². The molecule has 2 rings (SSSR count). The molecule has 16 heavy (non-hydrogen) atoms. The molecule has 1 saturated carbocycles. The molecule has 1 aliphatic carbocycles. The topological polar surface area (TPSA) is 32.3 Å². The van der Waals surface area contributed by atoms with Crippen LogP contribution in [0.4, 0.5) is 13.2 Å². The third kappa shape index (κ3) is 2.87. The lowest BCUT2D eigenvalue weighted by Crippen LogP contribution is -2.55. The molecule has 1 atom stereocenters. The van der Waals surface area contributed by atoms with E-state index in [1.54, 1.807) is 0 Å².